The van der Waals surface area contributed by atoms with E-state index in [0.717, 1.165) is 55.7 Å². The lowest BCUT2D eigenvalue weighted by Crippen LogP contribution is -2.11. The van der Waals surface area contributed by atoms with E-state index in [0.29, 0.717) is 12.0 Å². The Labute approximate surface area is 213 Å². The third kappa shape index (κ3) is 6.58. The van der Waals surface area contributed by atoms with Gasteiger partial charge in [0.2, 0.25) is 0 Å². The molecule has 0 aromatic heterocycles. The fourth-order valence-corrected chi connectivity index (χ4v) is 4.25. The Morgan fingerprint density at radius 3 is 2.19 bits per heavy atom. The summed E-state index contributed by atoms with van der Waals surface area (Å²) in [6, 6.07) is 19.3. The second kappa shape index (κ2) is 13.2. The summed E-state index contributed by atoms with van der Waals surface area (Å²) in [5.41, 5.74) is 3.36. The van der Waals surface area contributed by atoms with Crippen molar-refractivity contribution < 1.29 is 13.9 Å². The number of rotatable bonds is 11. The predicted molar refractivity (Wildman–Crippen MR) is 139 cm³/mol. The molecule has 3 rings (SSSR count). The van der Waals surface area contributed by atoms with E-state index in [1.165, 1.54) is 18.1 Å². The minimum absolute atomic E-state index is 0.00443. The van der Waals surface area contributed by atoms with Gasteiger partial charge < -0.3 is 4.74 Å². The molecule has 3 aromatic carbocycles. The zero-order valence-electron chi connectivity index (χ0n) is 20.9. The normalized spacial score (nSPS) is 10.5. The first-order valence-corrected chi connectivity index (χ1v) is 12.6. The van der Waals surface area contributed by atoms with E-state index in [1.54, 1.807) is 18.2 Å². The van der Waals surface area contributed by atoms with E-state index < -0.39 is 11.8 Å². The average molecular weight is 483 g/mol. The fourth-order valence-electron chi connectivity index (χ4n) is 4.25. The lowest BCUT2D eigenvalue weighted by Gasteiger charge is -2.11. The van der Waals surface area contributed by atoms with Crippen LogP contribution < -0.4 is 4.74 Å². The molecule has 0 aliphatic rings. The summed E-state index contributed by atoms with van der Waals surface area (Å²) in [4.78, 5) is 12.8. The van der Waals surface area contributed by atoms with Crippen LogP contribution in [0.5, 0.6) is 5.75 Å². The molecule has 0 aliphatic carbocycles. The number of benzene rings is 3. The molecule has 0 amide bonds. The molecule has 5 heteroatoms. The quantitative estimate of drug-likeness (QED) is 0.158. The van der Waals surface area contributed by atoms with Gasteiger partial charge in [-0.15, -0.1) is 0 Å². The molecule has 0 radical (unpaired) electrons. The maximum Gasteiger partial charge on any atom is 0.343 e. The van der Waals surface area contributed by atoms with Crippen molar-refractivity contribution in [3.8, 4) is 29.0 Å². The fraction of sp³-hybridized carbons (Fsp3) is 0.323. The van der Waals surface area contributed by atoms with Crippen molar-refractivity contribution in [1.29, 1.82) is 10.5 Å². The molecule has 0 heterocycles. The summed E-state index contributed by atoms with van der Waals surface area (Å²) in [6.07, 6.45) is 8.13. The van der Waals surface area contributed by atoms with Crippen molar-refractivity contribution >= 4 is 5.97 Å². The smallest absolute Gasteiger partial charge is 0.343 e. The van der Waals surface area contributed by atoms with Crippen LogP contribution in [-0.2, 0) is 12.8 Å². The number of nitriles is 2. The van der Waals surface area contributed by atoms with Gasteiger partial charge in [-0.2, -0.15) is 10.5 Å². The first kappa shape index (κ1) is 26.6. The zero-order chi connectivity index (χ0) is 25.9. The van der Waals surface area contributed by atoms with Crippen LogP contribution in [0, 0.1) is 28.5 Å². The minimum Gasteiger partial charge on any atom is -0.421 e. The van der Waals surface area contributed by atoms with Gasteiger partial charge in [-0.25, -0.2) is 9.18 Å². The monoisotopic (exact) mass is 482 g/mol. The maximum absolute atomic E-state index is 14.9. The summed E-state index contributed by atoms with van der Waals surface area (Å²) in [5.74, 6) is -1.32. The molecule has 36 heavy (non-hydrogen) atoms. The average Bonchev–Trinajstić information content (AvgIpc) is 2.89. The highest BCUT2D eigenvalue weighted by Gasteiger charge is 2.19. The van der Waals surface area contributed by atoms with Crippen LogP contribution in [0.1, 0.15) is 85.0 Å². The predicted octanol–water partition coefficient (Wildman–Crippen LogP) is 7.92. The van der Waals surface area contributed by atoms with Crippen molar-refractivity contribution in [2.24, 2.45) is 0 Å². The summed E-state index contributed by atoms with van der Waals surface area (Å²) < 4.78 is 20.3. The van der Waals surface area contributed by atoms with E-state index in [1.807, 2.05) is 30.3 Å². The van der Waals surface area contributed by atoms with E-state index >= 15 is 0 Å². The Morgan fingerprint density at radius 2 is 1.56 bits per heavy atom. The van der Waals surface area contributed by atoms with Crippen molar-refractivity contribution in [2.45, 2.75) is 65.2 Å². The first-order chi connectivity index (χ1) is 17.5. The highest BCUT2D eigenvalue weighted by Crippen LogP contribution is 2.28. The van der Waals surface area contributed by atoms with Crippen molar-refractivity contribution in [3.63, 3.8) is 0 Å². The van der Waals surface area contributed by atoms with Crippen molar-refractivity contribution in [2.75, 3.05) is 0 Å². The zero-order valence-corrected chi connectivity index (χ0v) is 20.9. The summed E-state index contributed by atoms with van der Waals surface area (Å²) in [5, 5.41) is 19.4. The summed E-state index contributed by atoms with van der Waals surface area (Å²) >= 11 is 0. The molecule has 0 aliphatic heterocycles. The van der Waals surface area contributed by atoms with Gasteiger partial charge in [-0.05, 0) is 54.2 Å². The molecule has 0 N–H and O–H groups in total. The van der Waals surface area contributed by atoms with Crippen LogP contribution in [0.2, 0.25) is 0 Å². The second-order valence-corrected chi connectivity index (χ2v) is 8.89. The minimum atomic E-state index is -0.786. The number of ether oxygens (including phenoxy) is 1. The summed E-state index contributed by atoms with van der Waals surface area (Å²) in [7, 11) is 0. The largest absolute Gasteiger partial charge is 0.421 e. The number of hydrogen-bond acceptors (Lipinski definition) is 4. The highest BCUT2D eigenvalue weighted by atomic mass is 19.1. The number of aryl methyl sites for hydroxylation is 2. The van der Waals surface area contributed by atoms with E-state index in [4.69, 9.17) is 4.74 Å². The molecule has 0 saturated carbocycles. The second-order valence-electron chi connectivity index (χ2n) is 8.89. The molecule has 0 fully saturated rings. The highest BCUT2D eigenvalue weighted by molar-refractivity contribution is 5.92. The Morgan fingerprint density at radius 1 is 0.833 bits per heavy atom. The van der Waals surface area contributed by atoms with Gasteiger partial charge in [0.1, 0.15) is 29.3 Å². The van der Waals surface area contributed by atoms with Crippen LogP contribution in [0.3, 0.4) is 0 Å². The molecular formula is C31H31FN2O2. The molecule has 3 aromatic rings. The lowest BCUT2D eigenvalue weighted by atomic mass is 9.97. The third-order valence-electron chi connectivity index (χ3n) is 6.24. The Kier molecular flexibility index (Phi) is 9.78. The van der Waals surface area contributed by atoms with E-state index in [2.05, 4.69) is 19.9 Å². The van der Waals surface area contributed by atoms with Crippen LogP contribution >= 0.6 is 0 Å². The Bertz CT molecular complexity index is 1280. The standard InChI is InChI=1S/C31H31FN2O2/c1-3-5-6-7-8-10-23-16-18-30(28(21-34)27(23)20-33)36-31(35)25-15-17-26(29(32)19-25)24-13-11-22(9-4-2)12-14-24/h11-19H,3-10H2,1-2H3. The number of carbonyl (C=O) groups excluding carboxylic acids is 1. The molecular weight excluding hydrogens is 451 g/mol. The number of nitrogens with zero attached hydrogens (tertiary/aromatic N) is 2. The number of hydrogen-bond donors (Lipinski definition) is 0. The van der Waals surface area contributed by atoms with Crippen LogP contribution in [0.15, 0.2) is 54.6 Å². The van der Waals surface area contributed by atoms with Crippen LogP contribution in [-0.4, -0.2) is 5.97 Å². The van der Waals surface area contributed by atoms with E-state index in [9.17, 15) is 19.7 Å². The number of esters is 1. The molecule has 184 valence electrons. The third-order valence-corrected chi connectivity index (χ3v) is 6.24. The van der Waals surface area contributed by atoms with Crippen LogP contribution in [0.4, 0.5) is 4.39 Å². The SMILES string of the molecule is CCCCCCCc1ccc(OC(=O)c2ccc(-c3ccc(CCC)cc3)c(F)c2)c(C#N)c1C#N. The topological polar surface area (TPSA) is 73.9 Å². The number of carbonyl (C=O) groups is 1. The first-order valence-electron chi connectivity index (χ1n) is 12.6. The maximum atomic E-state index is 14.9. The van der Waals surface area contributed by atoms with Gasteiger partial charge in [0.15, 0.2) is 0 Å². The molecule has 0 atom stereocenters. The van der Waals surface area contributed by atoms with Gasteiger partial charge in [-0.1, -0.05) is 82.3 Å². The molecule has 0 bridgehead atoms. The van der Waals surface area contributed by atoms with Crippen LogP contribution in [0.25, 0.3) is 11.1 Å². The van der Waals surface area contributed by atoms with Gasteiger partial charge in [-0.3, -0.25) is 0 Å². The van der Waals surface area contributed by atoms with Gasteiger partial charge in [0.05, 0.1) is 11.1 Å². The van der Waals surface area contributed by atoms with Gasteiger partial charge in [0, 0.05) is 5.56 Å². The van der Waals surface area contributed by atoms with Crippen molar-refractivity contribution in [1.82, 2.24) is 0 Å². The van der Waals surface area contributed by atoms with Crippen molar-refractivity contribution in [3.05, 3.63) is 88.2 Å². The molecule has 0 unspecified atom stereocenters. The van der Waals surface area contributed by atoms with Gasteiger partial charge >= 0.3 is 5.97 Å². The Balaban J connectivity index is 1.77. The lowest BCUT2D eigenvalue weighted by molar-refractivity contribution is 0.0733. The van der Waals surface area contributed by atoms with E-state index in [-0.39, 0.29) is 22.4 Å². The molecule has 4 nitrogen and oxygen atoms in total. The Hall–Kier alpha value is -3.96. The van der Waals surface area contributed by atoms with Gasteiger partial charge in [0.25, 0.3) is 0 Å². The number of unbranched alkanes of at least 4 members (excludes halogenated alkanes) is 4. The molecule has 0 saturated heterocycles. The molecule has 0 spiro atoms. The number of halogens is 1. The summed E-state index contributed by atoms with van der Waals surface area (Å²) in [6.45, 7) is 4.26.